The van der Waals surface area contributed by atoms with Crippen LogP contribution in [-0.2, 0) is 0 Å². The highest BCUT2D eigenvalue weighted by atomic mass is 16.4. The van der Waals surface area contributed by atoms with Gasteiger partial charge in [0.25, 0.3) is 0 Å². The monoisotopic (exact) mass is 187 g/mol. The highest BCUT2D eigenvalue weighted by Crippen LogP contribution is 2.21. The Bertz CT molecular complexity index is 506. The van der Waals surface area contributed by atoms with Gasteiger partial charge in [-0.05, 0) is 23.6 Å². The Labute approximate surface area is 80.8 Å². The number of carboxylic acid groups (broad SMARTS) is 1. The van der Waals surface area contributed by atoms with Crippen LogP contribution in [-0.4, -0.2) is 11.1 Å². The van der Waals surface area contributed by atoms with Crippen molar-refractivity contribution in [1.29, 1.82) is 0 Å². The van der Waals surface area contributed by atoms with E-state index in [-0.39, 0.29) is 5.56 Å². The van der Waals surface area contributed by atoms with Crippen LogP contribution in [0.5, 0.6) is 0 Å². The summed E-state index contributed by atoms with van der Waals surface area (Å²) < 4.78 is 0. The number of anilines is 1. The third-order valence-electron chi connectivity index (χ3n) is 2.16. The largest absolute Gasteiger partial charge is 0.478 e. The molecular weight excluding hydrogens is 178 g/mol. The van der Waals surface area contributed by atoms with Gasteiger partial charge in [0.15, 0.2) is 0 Å². The van der Waals surface area contributed by atoms with E-state index in [1.54, 1.807) is 24.3 Å². The SMILES string of the molecule is Nc1cccc2cc(C(=O)O)ccc12. The fourth-order valence-electron chi connectivity index (χ4n) is 1.44. The van der Waals surface area contributed by atoms with Crippen LogP contribution < -0.4 is 5.73 Å². The first-order chi connectivity index (χ1) is 6.68. The maximum atomic E-state index is 10.7. The summed E-state index contributed by atoms with van der Waals surface area (Å²) in [5, 5.41) is 10.5. The highest BCUT2D eigenvalue weighted by Gasteiger charge is 2.04. The number of aromatic carboxylic acids is 1. The molecule has 3 heteroatoms. The van der Waals surface area contributed by atoms with Crippen molar-refractivity contribution in [3.63, 3.8) is 0 Å². The molecule has 0 aliphatic rings. The number of carboxylic acids is 1. The molecular formula is C11H9NO2. The van der Waals surface area contributed by atoms with E-state index in [4.69, 9.17) is 10.8 Å². The van der Waals surface area contributed by atoms with Gasteiger partial charge >= 0.3 is 5.97 Å². The lowest BCUT2D eigenvalue weighted by atomic mass is 10.1. The molecule has 14 heavy (non-hydrogen) atoms. The Morgan fingerprint density at radius 1 is 1.21 bits per heavy atom. The van der Waals surface area contributed by atoms with E-state index in [0.29, 0.717) is 5.69 Å². The van der Waals surface area contributed by atoms with Gasteiger partial charge in [0.1, 0.15) is 0 Å². The summed E-state index contributed by atoms with van der Waals surface area (Å²) in [7, 11) is 0. The Hall–Kier alpha value is -2.03. The van der Waals surface area contributed by atoms with Crippen LogP contribution >= 0.6 is 0 Å². The second-order valence-corrected chi connectivity index (χ2v) is 3.09. The maximum absolute atomic E-state index is 10.7. The summed E-state index contributed by atoms with van der Waals surface area (Å²) in [6, 6.07) is 10.4. The van der Waals surface area contributed by atoms with Crippen molar-refractivity contribution in [2.75, 3.05) is 5.73 Å². The highest BCUT2D eigenvalue weighted by molar-refractivity contribution is 5.98. The topological polar surface area (TPSA) is 63.3 Å². The van der Waals surface area contributed by atoms with Gasteiger partial charge in [-0.2, -0.15) is 0 Å². The Morgan fingerprint density at radius 3 is 2.71 bits per heavy atom. The molecule has 0 atom stereocenters. The van der Waals surface area contributed by atoms with E-state index in [2.05, 4.69) is 0 Å². The van der Waals surface area contributed by atoms with E-state index in [9.17, 15) is 4.79 Å². The predicted octanol–water partition coefficient (Wildman–Crippen LogP) is 2.12. The molecule has 2 aromatic rings. The third kappa shape index (κ3) is 1.29. The predicted molar refractivity (Wildman–Crippen MR) is 55.3 cm³/mol. The number of carbonyl (C=O) groups is 1. The van der Waals surface area contributed by atoms with E-state index >= 15 is 0 Å². The second-order valence-electron chi connectivity index (χ2n) is 3.09. The number of benzene rings is 2. The summed E-state index contributed by atoms with van der Waals surface area (Å²) in [6.07, 6.45) is 0. The van der Waals surface area contributed by atoms with Gasteiger partial charge in [-0.25, -0.2) is 4.79 Å². The second kappa shape index (κ2) is 3.03. The molecule has 0 saturated heterocycles. The number of fused-ring (bicyclic) bond motifs is 1. The van der Waals surface area contributed by atoms with Crippen molar-refractivity contribution in [2.45, 2.75) is 0 Å². The van der Waals surface area contributed by atoms with Gasteiger partial charge in [-0.15, -0.1) is 0 Å². The standard InChI is InChI=1S/C11H9NO2/c12-10-3-1-2-7-6-8(11(13)14)4-5-9(7)10/h1-6H,12H2,(H,13,14). The Morgan fingerprint density at radius 2 is 2.00 bits per heavy atom. The fraction of sp³-hybridized carbons (Fsp3) is 0. The van der Waals surface area contributed by atoms with Crippen molar-refractivity contribution in [3.05, 3.63) is 42.0 Å². The van der Waals surface area contributed by atoms with E-state index in [0.717, 1.165) is 10.8 Å². The fourth-order valence-corrected chi connectivity index (χ4v) is 1.44. The lowest BCUT2D eigenvalue weighted by molar-refractivity contribution is 0.0697. The first kappa shape index (κ1) is 8.56. The zero-order chi connectivity index (χ0) is 10.1. The Balaban J connectivity index is 2.73. The normalized spacial score (nSPS) is 10.3. The van der Waals surface area contributed by atoms with E-state index in [1.165, 1.54) is 0 Å². The number of rotatable bonds is 1. The van der Waals surface area contributed by atoms with Crippen molar-refractivity contribution < 1.29 is 9.90 Å². The molecule has 0 aromatic heterocycles. The van der Waals surface area contributed by atoms with Crippen LogP contribution in [0.3, 0.4) is 0 Å². The van der Waals surface area contributed by atoms with Gasteiger partial charge in [-0.3, -0.25) is 0 Å². The van der Waals surface area contributed by atoms with E-state index < -0.39 is 5.97 Å². The first-order valence-electron chi connectivity index (χ1n) is 4.20. The minimum atomic E-state index is -0.922. The molecule has 0 unspecified atom stereocenters. The van der Waals surface area contributed by atoms with E-state index in [1.807, 2.05) is 12.1 Å². The summed E-state index contributed by atoms with van der Waals surface area (Å²) in [4.78, 5) is 10.7. The average Bonchev–Trinajstić information content (AvgIpc) is 2.17. The van der Waals surface area contributed by atoms with Crippen molar-refractivity contribution >= 4 is 22.4 Å². The van der Waals surface area contributed by atoms with Crippen LogP contribution in [0, 0.1) is 0 Å². The van der Waals surface area contributed by atoms with Gasteiger partial charge in [-0.1, -0.05) is 18.2 Å². The summed E-state index contributed by atoms with van der Waals surface area (Å²) in [5.74, 6) is -0.922. The third-order valence-corrected chi connectivity index (χ3v) is 2.16. The number of nitrogens with two attached hydrogens (primary N) is 1. The molecule has 0 heterocycles. The van der Waals surface area contributed by atoms with Gasteiger partial charge in [0, 0.05) is 11.1 Å². The van der Waals surface area contributed by atoms with Crippen molar-refractivity contribution in [3.8, 4) is 0 Å². The van der Waals surface area contributed by atoms with Crippen LogP contribution in [0.15, 0.2) is 36.4 Å². The smallest absolute Gasteiger partial charge is 0.335 e. The van der Waals surface area contributed by atoms with Crippen LogP contribution in [0.4, 0.5) is 5.69 Å². The van der Waals surface area contributed by atoms with Crippen molar-refractivity contribution in [1.82, 2.24) is 0 Å². The molecule has 2 rings (SSSR count). The molecule has 70 valence electrons. The molecule has 0 saturated carbocycles. The quantitative estimate of drug-likeness (QED) is 0.672. The summed E-state index contributed by atoms with van der Waals surface area (Å²) >= 11 is 0. The van der Waals surface area contributed by atoms with Crippen molar-refractivity contribution in [2.24, 2.45) is 0 Å². The van der Waals surface area contributed by atoms with Crippen LogP contribution in [0.1, 0.15) is 10.4 Å². The lowest BCUT2D eigenvalue weighted by Crippen LogP contribution is -1.96. The molecule has 0 aliphatic heterocycles. The van der Waals surface area contributed by atoms with Gasteiger partial charge in [0.05, 0.1) is 5.56 Å². The lowest BCUT2D eigenvalue weighted by Gasteiger charge is -2.02. The zero-order valence-electron chi connectivity index (χ0n) is 7.40. The minimum absolute atomic E-state index is 0.281. The first-order valence-corrected chi connectivity index (χ1v) is 4.20. The number of nitrogen functional groups attached to an aromatic ring is 1. The molecule has 3 nitrogen and oxygen atoms in total. The molecule has 0 fully saturated rings. The molecule has 2 aromatic carbocycles. The molecule has 0 bridgehead atoms. The Kier molecular flexibility index (Phi) is 1.85. The summed E-state index contributed by atoms with van der Waals surface area (Å²) in [5.41, 5.74) is 6.68. The molecule has 0 spiro atoms. The summed E-state index contributed by atoms with van der Waals surface area (Å²) in [6.45, 7) is 0. The molecule has 0 aliphatic carbocycles. The molecule has 3 N–H and O–H groups in total. The molecule has 0 radical (unpaired) electrons. The molecule has 0 amide bonds. The van der Waals surface area contributed by atoms with Crippen LogP contribution in [0.25, 0.3) is 10.8 Å². The number of hydrogen-bond donors (Lipinski definition) is 2. The maximum Gasteiger partial charge on any atom is 0.335 e. The average molecular weight is 187 g/mol. The number of hydrogen-bond acceptors (Lipinski definition) is 2. The zero-order valence-corrected chi connectivity index (χ0v) is 7.40. The van der Waals surface area contributed by atoms with Gasteiger partial charge < -0.3 is 10.8 Å². The minimum Gasteiger partial charge on any atom is -0.478 e. The van der Waals surface area contributed by atoms with Gasteiger partial charge in [0.2, 0.25) is 0 Å². The van der Waals surface area contributed by atoms with Crippen LogP contribution in [0.2, 0.25) is 0 Å².